The van der Waals surface area contributed by atoms with Crippen LogP contribution in [0.2, 0.25) is 0 Å². The number of nitrogens with one attached hydrogen (secondary N) is 2. The lowest BCUT2D eigenvalue weighted by atomic mass is 10.0. The van der Waals surface area contributed by atoms with Crippen molar-refractivity contribution in [3.63, 3.8) is 0 Å². The number of imide groups is 1. The standard InChI is InChI=1S/C15H12F3N5O4/c1-7-6-8(2)20-13(19-7)22-14(25)21-12(24)11-9(15(16,17)18)4-3-5-10(11)23(26)27/h3-6H,1-2H3,(H2,19,20,21,22,24,25). The van der Waals surface area contributed by atoms with Gasteiger partial charge in [0.05, 0.1) is 10.5 Å². The van der Waals surface area contributed by atoms with E-state index in [1.807, 2.05) is 0 Å². The van der Waals surface area contributed by atoms with Crippen LogP contribution in [-0.4, -0.2) is 26.8 Å². The van der Waals surface area contributed by atoms with Crippen LogP contribution < -0.4 is 10.6 Å². The fourth-order valence-electron chi connectivity index (χ4n) is 2.25. The summed E-state index contributed by atoms with van der Waals surface area (Å²) in [5.74, 6) is -1.77. The zero-order chi connectivity index (χ0) is 20.4. The monoisotopic (exact) mass is 383 g/mol. The number of alkyl halides is 3. The van der Waals surface area contributed by atoms with Gasteiger partial charge in [-0.15, -0.1) is 0 Å². The van der Waals surface area contributed by atoms with Crippen LogP contribution in [0.4, 0.5) is 29.6 Å². The number of rotatable bonds is 3. The van der Waals surface area contributed by atoms with Gasteiger partial charge in [0.2, 0.25) is 5.95 Å². The van der Waals surface area contributed by atoms with Crippen molar-refractivity contribution in [1.82, 2.24) is 15.3 Å². The first-order valence-corrected chi connectivity index (χ1v) is 7.28. The number of aromatic nitrogens is 2. The van der Waals surface area contributed by atoms with Crippen molar-refractivity contribution in [3.8, 4) is 0 Å². The third-order valence-electron chi connectivity index (χ3n) is 3.21. The number of benzene rings is 1. The van der Waals surface area contributed by atoms with E-state index in [0.717, 1.165) is 12.1 Å². The van der Waals surface area contributed by atoms with Crippen molar-refractivity contribution < 1.29 is 27.7 Å². The second-order valence-corrected chi connectivity index (χ2v) is 5.34. The molecule has 2 aromatic rings. The molecule has 9 nitrogen and oxygen atoms in total. The number of aryl methyl sites for hydroxylation is 2. The first kappa shape index (κ1) is 19.8. The van der Waals surface area contributed by atoms with E-state index in [2.05, 4.69) is 15.3 Å². The normalized spacial score (nSPS) is 11.0. The summed E-state index contributed by atoms with van der Waals surface area (Å²) in [6.45, 7) is 3.23. The second-order valence-electron chi connectivity index (χ2n) is 5.34. The number of hydrogen-bond donors (Lipinski definition) is 2. The van der Waals surface area contributed by atoms with Crippen LogP contribution in [0, 0.1) is 24.0 Å². The summed E-state index contributed by atoms with van der Waals surface area (Å²) in [6, 6.07) is 2.40. The molecule has 0 spiro atoms. The minimum atomic E-state index is -5.04. The van der Waals surface area contributed by atoms with Crippen LogP contribution in [0.25, 0.3) is 0 Å². The van der Waals surface area contributed by atoms with E-state index in [-0.39, 0.29) is 5.95 Å². The summed E-state index contributed by atoms with van der Waals surface area (Å²) in [4.78, 5) is 41.6. The Balaban J connectivity index is 2.32. The number of carbonyl (C=O) groups is 2. The number of nitrogens with zero attached hydrogens (tertiary/aromatic N) is 3. The lowest BCUT2D eigenvalue weighted by molar-refractivity contribution is -0.385. The predicted octanol–water partition coefficient (Wildman–Crippen LogP) is 2.98. The average molecular weight is 383 g/mol. The maximum atomic E-state index is 13.1. The summed E-state index contributed by atoms with van der Waals surface area (Å²) < 4.78 is 39.3. The molecule has 0 aliphatic rings. The fourth-order valence-corrected chi connectivity index (χ4v) is 2.25. The molecule has 0 aliphatic carbocycles. The Labute approximate surface area is 149 Å². The number of nitro benzene ring substituents is 1. The van der Waals surface area contributed by atoms with Crippen molar-refractivity contribution in [1.29, 1.82) is 0 Å². The molecule has 142 valence electrons. The predicted molar refractivity (Wildman–Crippen MR) is 86.1 cm³/mol. The van der Waals surface area contributed by atoms with Crippen molar-refractivity contribution in [3.05, 3.63) is 56.9 Å². The molecular weight excluding hydrogens is 371 g/mol. The van der Waals surface area contributed by atoms with Gasteiger partial charge in [-0.3, -0.25) is 25.5 Å². The van der Waals surface area contributed by atoms with Gasteiger partial charge in [0, 0.05) is 17.5 Å². The maximum absolute atomic E-state index is 13.1. The van der Waals surface area contributed by atoms with Crippen molar-refractivity contribution in [2.75, 3.05) is 5.32 Å². The summed E-state index contributed by atoms with van der Waals surface area (Å²) in [5.41, 5.74) is -2.89. The second kappa shape index (κ2) is 7.35. The number of anilines is 1. The van der Waals surface area contributed by atoms with Gasteiger partial charge < -0.3 is 0 Å². The lowest BCUT2D eigenvalue weighted by Gasteiger charge is -2.12. The Kier molecular flexibility index (Phi) is 5.38. The summed E-state index contributed by atoms with van der Waals surface area (Å²) in [7, 11) is 0. The Bertz CT molecular complexity index is 910. The van der Waals surface area contributed by atoms with Crippen LogP contribution in [0.3, 0.4) is 0 Å². The SMILES string of the molecule is Cc1cc(C)nc(NC(=O)NC(=O)c2c([N+](=O)[O-])cccc2C(F)(F)F)n1. The Morgan fingerprint density at radius 1 is 1.15 bits per heavy atom. The van der Waals surface area contributed by atoms with E-state index in [9.17, 15) is 32.9 Å². The van der Waals surface area contributed by atoms with Gasteiger partial charge >= 0.3 is 12.2 Å². The highest BCUT2D eigenvalue weighted by Crippen LogP contribution is 2.35. The molecule has 0 radical (unpaired) electrons. The van der Waals surface area contributed by atoms with Crippen molar-refractivity contribution in [2.24, 2.45) is 0 Å². The Hall–Kier alpha value is -3.57. The van der Waals surface area contributed by atoms with Gasteiger partial charge in [0.1, 0.15) is 5.56 Å². The lowest BCUT2D eigenvalue weighted by Crippen LogP contribution is -2.36. The Morgan fingerprint density at radius 2 is 1.74 bits per heavy atom. The van der Waals surface area contributed by atoms with Crippen LogP contribution in [-0.2, 0) is 6.18 Å². The molecule has 1 aromatic carbocycles. The molecule has 0 atom stereocenters. The number of halogens is 3. The van der Waals surface area contributed by atoms with Crippen molar-refractivity contribution in [2.45, 2.75) is 20.0 Å². The zero-order valence-corrected chi connectivity index (χ0v) is 13.9. The molecular formula is C15H12F3N5O4. The smallest absolute Gasteiger partial charge is 0.276 e. The Morgan fingerprint density at radius 3 is 2.26 bits per heavy atom. The third-order valence-corrected chi connectivity index (χ3v) is 3.21. The molecule has 2 N–H and O–H groups in total. The van der Waals surface area contributed by atoms with Gasteiger partial charge in [-0.05, 0) is 26.0 Å². The summed E-state index contributed by atoms with van der Waals surface area (Å²) >= 11 is 0. The number of carbonyl (C=O) groups excluding carboxylic acids is 2. The van der Waals surface area contributed by atoms with Crippen LogP contribution in [0.15, 0.2) is 24.3 Å². The van der Waals surface area contributed by atoms with Crippen LogP contribution >= 0.6 is 0 Å². The molecule has 27 heavy (non-hydrogen) atoms. The molecule has 0 fully saturated rings. The molecule has 0 saturated carbocycles. The molecule has 3 amide bonds. The summed E-state index contributed by atoms with van der Waals surface area (Å²) in [6.07, 6.45) is -5.04. The first-order chi connectivity index (χ1) is 12.5. The number of amides is 3. The fraction of sp³-hybridized carbons (Fsp3) is 0.200. The maximum Gasteiger partial charge on any atom is 0.417 e. The van der Waals surface area contributed by atoms with E-state index >= 15 is 0 Å². The van der Waals surface area contributed by atoms with Crippen LogP contribution in [0.1, 0.15) is 27.3 Å². The highest BCUT2D eigenvalue weighted by molar-refractivity contribution is 6.10. The van der Waals surface area contributed by atoms with Gasteiger partial charge in [0.25, 0.3) is 11.6 Å². The number of hydrogen-bond acceptors (Lipinski definition) is 6. The van der Waals surface area contributed by atoms with Crippen LogP contribution in [0.5, 0.6) is 0 Å². The first-order valence-electron chi connectivity index (χ1n) is 7.28. The van der Waals surface area contributed by atoms with E-state index in [1.165, 1.54) is 0 Å². The zero-order valence-electron chi connectivity index (χ0n) is 13.9. The minimum absolute atomic E-state index is 0.184. The quantitative estimate of drug-likeness (QED) is 0.620. The highest BCUT2D eigenvalue weighted by atomic mass is 19.4. The molecule has 0 aliphatic heterocycles. The largest absolute Gasteiger partial charge is 0.417 e. The molecule has 1 aromatic heterocycles. The van der Waals surface area contributed by atoms with Gasteiger partial charge in [-0.25, -0.2) is 14.8 Å². The van der Waals surface area contributed by atoms with Crippen molar-refractivity contribution >= 4 is 23.6 Å². The van der Waals surface area contributed by atoms with E-state index in [0.29, 0.717) is 17.5 Å². The minimum Gasteiger partial charge on any atom is -0.276 e. The third kappa shape index (κ3) is 4.74. The number of urea groups is 1. The molecule has 0 bridgehead atoms. The molecule has 0 unspecified atom stereocenters. The van der Waals surface area contributed by atoms with E-state index < -0.39 is 39.9 Å². The highest BCUT2D eigenvalue weighted by Gasteiger charge is 2.39. The molecule has 0 saturated heterocycles. The molecule has 2 rings (SSSR count). The van der Waals surface area contributed by atoms with Gasteiger partial charge in [-0.1, -0.05) is 6.07 Å². The topological polar surface area (TPSA) is 127 Å². The molecule has 12 heteroatoms. The number of nitro groups is 1. The van der Waals surface area contributed by atoms with Gasteiger partial charge in [0.15, 0.2) is 0 Å². The van der Waals surface area contributed by atoms with E-state index in [1.54, 1.807) is 25.2 Å². The van der Waals surface area contributed by atoms with Gasteiger partial charge in [-0.2, -0.15) is 13.2 Å². The summed E-state index contributed by atoms with van der Waals surface area (Å²) in [5, 5.41) is 14.7. The van der Waals surface area contributed by atoms with E-state index in [4.69, 9.17) is 0 Å². The average Bonchev–Trinajstić information content (AvgIpc) is 2.51. The molecule has 1 heterocycles.